The highest BCUT2D eigenvalue weighted by atomic mass is 35.5. The highest BCUT2D eigenvalue weighted by Crippen LogP contribution is 2.26. The van der Waals surface area contributed by atoms with Gasteiger partial charge in [-0.1, -0.05) is 48.8 Å². The van der Waals surface area contributed by atoms with Crippen LogP contribution in [0.3, 0.4) is 0 Å². The summed E-state index contributed by atoms with van der Waals surface area (Å²) in [4.78, 5) is 12.0. The van der Waals surface area contributed by atoms with Crippen LogP contribution in [0, 0.1) is 29.8 Å². The van der Waals surface area contributed by atoms with Crippen LogP contribution in [0.5, 0.6) is 0 Å². The number of rotatable bonds is 6. The summed E-state index contributed by atoms with van der Waals surface area (Å²) in [5.74, 6) is 0.745. The molecule has 256 valence electrons. The van der Waals surface area contributed by atoms with Crippen LogP contribution < -0.4 is 0 Å². The molecule has 0 saturated carbocycles. The third-order valence-electron chi connectivity index (χ3n) is 7.42. The largest absolute Gasteiger partial charge is 0.261 e. The molecule has 0 bridgehead atoms. The molecule has 0 radical (unpaired) electrons. The van der Waals surface area contributed by atoms with Gasteiger partial charge in [-0.2, -0.15) is 10.5 Å². The third kappa shape index (κ3) is 12.8. The van der Waals surface area contributed by atoms with Crippen LogP contribution in [0.2, 0.25) is 10.3 Å². The maximum Gasteiger partial charge on any atom is 0.214 e. The molecule has 1 saturated heterocycles. The molecule has 4 rings (SSSR count). The van der Waals surface area contributed by atoms with Crippen LogP contribution in [-0.4, -0.2) is 58.1 Å². The molecule has 0 N–H and O–H groups in total. The molecule has 6 atom stereocenters. The lowest BCUT2D eigenvalue weighted by atomic mass is 10.1. The first-order valence-corrected chi connectivity index (χ1v) is 20.5. The summed E-state index contributed by atoms with van der Waals surface area (Å²) < 4.78 is 47.2. The van der Waals surface area contributed by atoms with E-state index in [-0.39, 0.29) is 23.2 Å². The normalized spacial score (nSPS) is 20.3. The predicted molar refractivity (Wildman–Crippen MR) is 193 cm³/mol. The Morgan fingerprint density at radius 1 is 0.894 bits per heavy atom. The molecule has 0 aromatic carbocycles. The lowest BCUT2D eigenvalue weighted by molar-refractivity contribution is 0.666. The molecular weight excluding hydrogens is 700 g/mol. The predicted octanol–water partition coefficient (Wildman–Crippen LogP) is 7.58. The zero-order chi connectivity index (χ0) is 34.5. The highest BCUT2D eigenvalue weighted by Gasteiger charge is 2.29. The van der Waals surface area contributed by atoms with Gasteiger partial charge in [-0.25, -0.2) is 27.0 Å². The second kappa shape index (κ2) is 19.0. The Morgan fingerprint density at radius 3 is 1.79 bits per heavy atom. The van der Waals surface area contributed by atoms with E-state index in [0.29, 0.717) is 10.3 Å². The minimum absolute atomic E-state index is 0. The Labute approximate surface area is 290 Å². The van der Waals surface area contributed by atoms with Gasteiger partial charge >= 0.3 is 0 Å². The summed E-state index contributed by atoms with van der Waals surface area (Å²) in [5.41, 5.74) is 3.59. The molecule has 0 spiro atoms. The quantitative estimate of drug-likeness (QED) is 0.184. The number of aryl methyl sites for hydroxylation is 1. The number of nitriles is 2. The first-order valence-electron chi connectivity index (χ1n) is 14.0. The average molecular weight is 742 g/mol. The molecule has 1 aliphatic rings. The number of hydrogen-bond acceptors (Lipinski definition) is 11. The van der Waals surface area contributed by atoms with Crippen molar-refractivity contribution in [1.82, 2.24) is 15.0 Å². The van der Waals surface area contributed by atoms with E-state index in [2.05, 4.69) is 28.0 Å². The Morgan fingerprint density at radius 2 is 1.38 bits per heavy atom. The van der Waals surface area contributed by atoms with E-state index >= 15 is 0 Å². The summed E-state index contributed by atoms with van der Waals surface area (Å²) in [6, 6.07) is 10.8. The van der Waals surface area contributed by atoms with Gasteiger partial charge in [0.05, 0.1) is 30.0 Å². The van der Waals surface area contributed by atoms with Gasteiger partial charge in [0, 0.05) is 64.6 Å². The van der Waals surface area contributed by atoms with Crippen LogP contribution in [0.4, 0.5) is 0 Å². The van der Waals surface area contributed by atoms with Crippen LogP contribution in [0.1, 0.15) is 67.0 Å². The molecule has 1 fully saturated rings. The van der Waals surface area contributed by atoms with Crippen molar-refractivity contribution in [1.29, 1.82) is 10.5 Å². The van der Waals surface area contributed by atoms with Crippen molar-refractivity contribution in [3.8, 4) is 12.4 Å². The van der Waals surface area contributed by atoms with Gasteiger partial charge in [-0.15, -0.1) is 8.73 Å². The molecule has 3 aromatic heterocycles. The van der Waals surface area contributed by atoms with Crippen LogP contribution >= 0.6 is 23.2 Å². The topological polar surface area (TPSA) is 175 Å². The first kappa shape index (κ1) is 41.9. The number of hydrogen-bond donors (Lipinski definition) is 0. The third-order valence-corrected chi connectivity index (χ3v) is 14.9. The molecule has 11 nitrogen and oxygen atoms in total. The Kier molecular flexibility index (Phi) is 16.9. The van der Waals surface area contributed by atoms with Crippen LogP contribution in [0.15, 0.2) is 68.1 Å². The van der Waals surface area contributed by atoms with Gasteiger partial charge in [0.1, 0.15) is 10.3 Å². The minimum Gasteiger partial charge on any atom is -0.261 e. The fourth-order valence-electron chi connectivity index (χ4n) is 4.30. The van der Waals surface area contributed by atoms with Crippen molar-refractivity contribution in [2.75, 3.05) is 25.3 Å². The van der Waals surface area contributed by atoms with Crippen LogP contribution in [-0.2, 0) is 35.6 Å². The Hall–Kier alpha value is -3.14. The lowest BCUT2D eigenvalue weighted by Crippen LogP contribution is -2.18. The molecule has 0 amide bonds. The zero-order valence-electron chi connectivity index (χ0n) is 26.5. The summed E-state index contributed by atoms with van der Waals surface area (Å²) >= 11 is 11.4. The van der Waals surface area contributed by atoms with E-state index in [4.69, 9.17) is 33.7 Å². The van der Waals surface area contributed by atoms with Gasteiger partial charge in [0.15, 0.2) is 0 Å². The highest BCUT2D eigenvalue weighted by molar-refractivity contribution is 7.94. The fourth-order valence-corrected chi connectivity index (χ4v) is 8.84. The average Bonchev–Trinajstić information content (AvgIpc) is 3.39. The summed E-state index contributed by atoms with van der Waals surface area (Å²) in [5, 5.41) is 17.3. The first-order chi connectivity index (χ1) is 21.6. The van der Waals surface area contributed by atoms with Crippen molar-refractivity contribution in [3.05, 3.63) is 87.7 Å². The van der Waals surface area contributed by atoms with Crippen molar-refractivity contribution in [2.24, 2.45) is 13.1 Å². The molecule has 47 heavy (non-hydrogen) atoms. The van der Waals surface area contributed by atoms with Crippen LogP contribution in [0.25, 0.3) is 0 Å². The molecule has 4 heterocycles. The van der Waals surface area contributed by atoms with Crippen molar-refractivity contribution >= 4 is 52.4 Å². The van der Waals surface area contributed by atoms with E-state index in [0.717, 1.165) is 47.4 Å². The van der Waals surface area contributed by atoms with Gasteiger partial charge in [-0.05, 0) is 74.9 Å². The maximum absolute atomic E-state index is 12.3. The van der Waals surface area contributed by atoms with E-state index in [1.807, 2.05) is 25.1 Å². The smallest absolute Gasteiger partial charge is 0.214 e. The maximum atomic E-state index is 12.3. The van der Waals surface area contributed by atoms with Crippen molar-refractivity contribution < 1.29 is 12.6 Å². The van der Waals surface area contributed by atoms with E-state index in [1.54, 1.807) is 70.1 Å². The Balaban J connectivity index is 0.000000349. The number of aromatic nitrogens is 3. The molecule has 3 aromatic rings. The number of nitrogens with zero attached hydrogens (tertiary/aromatic N) is 8. The molecular formula is C31H42Cl2N8O3S3. The molecule has 1 aliphatic heterocycles. The standard InChI is InChI=1S/C11H15ClN2OS.C10H13N3OS.C9H10ClN3OS.CH4/c1-13-16(15)6-2-3-10(16)7-9-4-5-11(12)14-8-9;1-8-4-5-10(6-12-8)9(2)15(3,14)13-7-11;1-7(15(2,14)13-6-11)8-3-4-9(10)12-5-8;/h4-5,8,10H,2-3,6-7H2,1H3;4-6,9H,1-3H3;3-5,7H,1-2H3;1H4. The summed E-state index contributed by atoms with van der Waals surface area (Å²) in [7, 11) is -5.36. The Bertz CT molecular complexity index is 1820. The molecule has 6 unspecified atom stereocenters. The number of pyridine rings is 3. The van der Waals surface area contributed by atoms with E-state index in [1.165, 1.54) is 12.5 Å². The van der Waals surface area contributed by atoms with Crippen molar-refractivity contribution in [2.45, 2.75) is 63.2 Å². The monoisotopic (exact) mass is 740 g/mol. The van der Waals surface area contributed by atoms with E-state index in [9.17, 15) is 12.6 Å². The molecule has 16 heteroatoms. The van der Waals surface area contributed by atoms with E-state index < -0.39 is 29.2 Å². The van der Waals surface area contributed by atoms with Gasteiger partial charge in [0.25, 0.3) is 0 Å². The SMILES string of the molecule is C.CC(c1ccc(Cl)nc1)S(C)(=O)=NC#N.CN=S1(=O)CCCC1Cc1ccc(Cl)nc1.Cc1ccc(C(C)S(C)(=O)=NC#N)cn1. The summed E-state index contributed by atoms with van der Waals surface area (Å²) in [6.07, 6.45) is 13.9. The number of halogens is 2. The van der Waals surface area contributed by atoms with Gasteiger partial charge in [-0.3, -0.25) is 4.98 Å². The minimum atomic E-state index is -2.55. The second-order valence-electron chi connectivity index (χ2n) is 10.6. The zero-order valence-corrected chi connectivity index (χ0v) is 30.5. The summed E-state index contributed by atoms with van der Waals surface area (Å²) in [6.45, 7) is 5.42. The second-order valence-corrected chi connectivity index (χ2v) is 19.4. The fraction of sp³-hybridized carbons (Fsp3) is 0.452. The van der Waals surface area contributed by atoms with Gasteiger partial charge < -0.3 is 0 Å². The molecule has 0 aliphatic carbocycles. The van der Waals surface area contributed by atoms with Gasteiger partial charge in [0.2, 0.25) is 12.4 Å². The lowest BCUT2D eigenvalue weighted by Gasteiger charge is -2.12. The van der Waals surface area contributed by atoms with Crippen molar-refractivity contribution in [3.63, 3.8) is 0 Å².